The van der Waals surface area contributed by atoms with E-state index in [0.29, 0.717) is 22.1 Å². The highest BCUT2D eigenvalue weighted by atomic mass is 19.1. The Morgan fingerprint density at radius 3 is 2.73 bits per heavy atom. The van der Waals surface area contributed by atoms with Crippen LogP contribution < -0.4 is 11.5 Å². The number of hydrogen-bond acceptors (Lipinski definition) is 7. The van der Waals surface area contributed by atoms with Gasteiger partial charge in [-0.3, -0.25) is 14.9 Å². The lowest BCUT2D eigenvalue weighted by atomic mass is 9.99. The summed E-state index contributed by atoms with van der Waals surface area (Å²) in [5.74, 6) is -0.847. The van der Waals surface area contributed by atoms with Crippen molar-refractivity contribution in [2.24, 2.45) is 0 Å². The summed E-state index contributed by atoms with van der Waals surface area (Å²) in [7, 11) is 0. The molecule has 3 aromatic heterocycles. The molecule has 0 unspecified atom stereocenters. The molecule has 0 aliphatic carbocycles. The van der Waals surface area contributed by atoms with Crippen LogP contribution in [0.15, 0.2) is 35.2 Å². The number of fused-ring (bicyclic) bond motifs is 1. The highest BCUT2D eigenvalue weighted by Crippen LogP contribution is 2.38. The fourth-order valence-corrected chi connectivity index (χ4v) is 2.85. The van der Waals surface area contributed by atoms with E-state index in [-0.39, 0.29) is 34.1 Å². The average molecular weight is 352 g/mol. The first-order valence-electron chi connectivity index (χ1n) is 7.60. The fraction of sp³-hybridized carbons (Fsp3) is 0.0588. The first-order valence-corrected chi connectivity index (χ1v) is 7.60. The summed E-state index contributed by atoms with van der Waals surface area (Å²) in [4.78, 5) is 16.1. The first-order chi connectivity index (χ1) is 12.5. The van der Waals surface area contributed by atoms with Crippen LogP contribution in [0.25, 0.3) is 33.4 Å². The number of benzene rings is 1. The molecule has 0 spiro atoms. The van der Waals surface area contributed by atoms with Crippen LogP contribution in [0.5, 0.6) is 0 Å². The molecule has 0 amide bonds. The largest absolute Gasteiger partial charge is 0.398 e. The number of nitrogens with two attached hydrogens (primary N) is 2. The van der Waals surface area contributed by atoms with Gasteiger partial charge < -0.3 is 16.0 Å². The molecule has 0 atom stereocenters. The molecule has 4 aromatic rings. The van der Waals surface area contributed by atoms with E-state index in [9.17, 15) is 9.18 Å². The van der Waals surface area contributed by atoms with E-state index in [1.807, 2.05) is 0 Å². The second-order valence-corrected chi connectivity index (χ2v) is 5.75. The molecule has 4 rings (SSSR count). The Morgan fingerprint density at radius 2 is 2.04 bits per heavy atom. The van der Waals surface area contributed by atoms with Gasteiger partial charge in [0.15, 0.2) is 17.2 Å². The molecule has 0 saturated carbocycles. The zero-order valence-corrected chi connectivity index (χ0v) is 13.6. The maximum Gasteiger partial charge on any atom is 0.180 e. The van der Waals surface area contributed by atoms with E-state index in [0.717, 1.165) is 6.07 Å². The maximum absolute atomic E-state index is 14.6. The number of carbonyl (C=O) groups excluding carboxylic acids is 1. The number of H-pyrrole nitrogens is 1. The third-order valence-corrected chi connectivity index (χ3v) is 4.11. The van der Waals surface area contributed by atoms with Gasteiger partial charge >= 0.3 is 0 Å². The van der Waals surface area contributed by atoms with Crippen molar-refractivity contribution in [1.29, 1.82) is 0 Å². The number of Topliss-reactive ketones (excluding diaryl/α,β-unsaturated/α-hetero) is 1. The van der Waals surface area contributed by atoms with E-state index in [1.54, 1.807) is 12.4 Å². The van der Waals surface area contributed by atoms with E-state index in [2.05, 4.69) is 20.3 Å². The number of aromatic nitrogens is 4. The number of nitrogen functional groups attached to an aromatic ring is 2. The van der Waals surface area contributed by atoms with Gasteiger partial charge in [-0.1, -0.05) is 5.16 Å². The summed E-state index contributed by atoms with van der Waals surface area (Å²) in [6.45, 7) is 1.35. The van der Waals surface area contributed by atoms with Gasteiger partial charge in [0, 0.05) is 40.3 Å². The topological polar surface area (TPSA) is 137 Å². The number of aromatic amines is 1. The number of halogens is 1. The van der Waals surface area contributed by atoms with E-state index in [4.69, 9.17) is 16.0 Å². The van der Waals surface area contributed by atoms with Crippen molar-refractivity contribution in [3.05, 3.63) is 42.1 Å². The Labute approximate surface area is 146 Å². The summed E-state index contributed by atoms with van der Waals surface area (Å²) in [6.07, 6.45) is 4.76. The molecule has 26 heavy (non-hydrogen) atoms. The van der Waals surface area contributed by atoms with Gasteiger partial charge in [0.2, 0.25) is 0 Å². The second kappa shape index (κ2) is 5.66. The Hall–Kier alpha value is -3.75. The smallest absolute Gasteiger partial charge is 0.180 e. The SMILES string of the molecule is CC(=O)c1cc(-c2ncc(-c3cn[nH]c3)c3onc(N)c23)c(F)cc1N. The molecule has 130 valence electrons. The number of carbonyl (C=O) groups is 1. The highest BCUT2D eigenvalue weighted by molar-refractivity contribution is 6.06. The molecular weight excluding hydrogens is 339 g/mol. The standard InChI is InChI=1S/C17H13FN6O2/c1-7(25)9-2-10(12(18)3-13(9)19)15-14-16(26-24-17(14)20)11(6-21-15)8-4-22-23-5-8/h2-6H,19H2,1H3,(H2,20,24)(H,22,23). The average Bonchev–Trinajstić information content (AvgIpc) is 3.25. The lowest BCUT2D eigenvalue weighted by molar-refractivity contribution is 0.101. The van der Waals surface area contributed by atoms with Gasteiger partial charge in [-0.15, -0.1) is 0 Å². The van der Waals surface area contributed by atoms with Crippen LogP contribution in [0, 0.1) is 5.82 Å². The molecular formula is C17H13FN6O2. The Morgan fingerprint density at radius 1 is 1.23 bits per heavy atom. The minimum absolute atomic E-state index is 0.0586. The monoisotopic (exact) mass is 352 g/mol. The molecule has 5 N–H and O–H groups in total. The van der Waals surface area contributed by atoms with Gasteiger partial charge in [-0.05, 0) is 19.1 Å². The van der Waals surface area contributed by atoms with Crippen LogP contribution in [-0.2, 0) is 0 Å². The van der Waals surface area contributed by atoms with Crippen LogP contribution in [-0.4, -0.2) is 26.1 Å². The molecule has 0 radical (unpaired) electrons. The Kier molecular flexibility index (Phi) is 3.43. The number of nitrogens with one attached hydrogen (secondary N) is 1. The quantitative estimate of drug-likeness (QED) is 0.381. The van der Waals surface area contributed by atoms with E-state index < -0.39 is 5.82 Å². The summed E-state index contributed by atoms with van der Waals surface area (Å²) < 4.78 is 19.9. The lowest BCUT2D eigenvalue weighted by Crippen LogP contribution is -2.03. The number of ketones is 1. The predicted molar refractivity (Wildman–Crippen MR) is 93.6 cm³/mol. The first kappa shape index (κ1) is 15.8. The minimum atomic E-state index is -0.627. The molecule has 9 heteroatoms. The summed E-state index contributed by atoms with van der Waals surface area (Å²) in [5.41, 5.74) is 13.9. The van der Waals surface area contributed by atoms with Crippen molar-refractivity contribution in [2.45, 2.75) is 6.92 Å². The van der Waals surface area contributed by atoms with Crippen LogP contribution in [0.1, 0.15) is 17.3 Å². The van der Waals surface area contributed by atoms with Crippen molar-refractivity contribution in [2.75, 3.05) is 11.5 Å². The number of pyridine rings is 1. The van der Waals surface area contributed by atoms with Gasteiger partial charge in [0.05, 0.1) is 17.3 Å². The normalized spacial score (nSPS) is 11.2. The van der Waals surface area contributed by atoms with Crippen molar-refractivity contribution in [3.63, 3.8) is 0 Å². The number of hydrogen-bond donors (Lipinski definition) is 3. The Bertz CT molecular complexity index is 1150. The van der Waals surface area contributed by atoms with Gasteiger partial charge in [0.1, 0.15) is 5.82 Å². The predicted octanol–water partition coefficient (Wildman–Crippen LogP) is 2.79. The third-order valence-electron chi connectivity index (χ3n) is 4.11. The molecule has 0 bridgehead atoms. The minimum Gasteiger partial charge on any atom is -0.398 e. The lowest BCUT2D eigenvalue weighted by Gasteiger charge is -2.09. The van der Waals surface area contributed by atoms with Crippen LogP contribution >= 0.6 is 0 Å². The number of rotatable bonds is 3. The molecule has 3 heterocycles. The van der Waals surface area contributed by atoms with Crippen molar-refractivity contribution in [3.8, 4) is 22.4 Å². The molecule has 8 nitrogen and oxygen atoms in total. The molecule has 1 aromatic carbocycles. The zero-order valence-electron chi connectivity index (χ0n) is 13.6. The van der Waals surface area contributed by atoms with Crippen molar-refractivity contribution < 1.29 is 13.7 Å². The van der Waals surface area contributed by atoms with Crippen LogP contribution in [0.2, 0.25) is 0 Å². The van der Waals surface area contributed by atoms with E-state index in [1.165, 1.54) is 19.2 Å². The van der Waals surface area contributed by atoms with Crippen LogP contribution in [0.3, 0.4) is 0 Å². The fourth-order valence-electron chi connectivity index (χ4n) is 2.85. The Balaban J connectivity index is 2.03. The summed E-state index contributed by atoms with van der Waals surface area (Å²) >= 11 is 0. The van der Waals surface area contributed by atoms with Crippen molar-refractivity contribution >= 4 is 28.3 Å². The molecule has 0 saturated heterocycles. The zero-order chi connectivity index (χ0) is 18.4. The van der Waals surface area contributed by atoms with Crippen LogP contribution in [0.4, 0.5) is 15.9 Å². The van der Waals surface area contributed by atoms with Gasteiger partial charge in [-0.25, -0.2) is 4.39 Å². The maximum atomic E-state index is 14.6. The van der Waals surface area contributed by atoms with Gasteiger partial charge in [0.25, 0.3) is 0 Å². The third kappa shape index (κ3) is 2.29. The second-order valence-electron chi connectivity index (χ2n) is 5.75. The molecule has 0 fully saturated rings. The number of nitrogens with zero attached hydrogens (tertiary/aromatic N) is 3. The number of anilines is 2. The molecule has 0 aliphatic rings. The van der Waals surface area contributed by atoms with Crippen molar-refractivity contribution in [1.82, 2.24) is 20.3 Å². The summed E-state index contributed by atoms with van der Waals surface area (Å²) in [6, 6.07) is 2.45. The summed E-state index contributed by atoms with van der Waals surface area (Å²) in [5, 5.41) is 10.7. The van der Waals surface area contributed by atoms with Gasteiger partial charge in [-0.2, -0.15) is 5.10 Å². The highest BCUT2D eigenvalue weighted by Gasteiger charge is 2.22. The van der Waals surface area contributed by atoms with E-state index >= 15 is 0 Å². The molecule has 0 aliphatic heterocycles.